The highest BCUT2D eigenvalue weighted by molar-refractivity contribution is 7.99. The minimum absolute atomic E-state index is 0.109. The van der Waals surface area contributed by atoms with Gasteiger partial charge in [0, 0.05) is 0 Å². The van der Waals surface area contributed by atoms with Gasteiger partial charge in [0.2, 0.25) is 5.16 Å². The fourth-order valence-corrected chi connectivity index (χ4v) is 3.01. The Balaban J connectivity index is 1.72. The highest BCUT2D eigenvalue weighted by Gasteiger charge is 2.16. The molecule has 6 nitrogen and oxygen atoms in total. The van der Waals surface area contributed by atoms with E-state index in [1.165, 1.54) is 20.3 Å². The van der Waals surface area contributed by atoms with Crippen LogP contribution in [0.15, 0.2) is 47.6 Å². The van der Waals surface area contributed by atoms with E-state index in [0.29, 0.717) is 33.6 Å². The van der Waals surface area contributed by atoms with E-state index in [1.54, 1.807) is 36.4 Å². The maximum Gasteiger partial charge on any atom is 0.209 e. The molecule has 0 spiro atoms. The van der Waals surface area contributed by atoms with Gasteiger partial charge in [-0.1, -0.05) is 23.9 Å². The summed E-state index contributed by atoms with van der Waals surface area (Å²) in [5.41, 5.74) is 0.747. The molecule has 1 aromatic heterocycles. The van der Waals surface area contributed by atoms with Crippen molar-refractivity contribution in [3.8, 4) is 22.9 Å². The van der Waals surface area contributed by atoms with Crippen LogP contribution in [0.4, 0.5) is 4.39 Å². The Kier molecular flexibility index (Phi) is 5.52. The Morgan fingerprint density at radius 2 is 2.00 bits per heavy atom. The predicted molar refractivity (Wildman–Crippen MR) is 96.4 cm³/mol. The molecule has 0 aliphatic carbocycles. The van der Waals surface area contributed by atoms with E-state index in [2.05, 4.69) is 15.2 Å². The molecule has 1 heterocycles. The molecular weight excluding hydrogens is 357 g/mol. The summed E-state index contributed by atoms with van der Waals surface area (Å²) in [5, 5.41) is 7.08. The van der Waals surface area contributed by atoms with E-state index >= 15 is 0 Å². The average Bonchev–Trinajstić information content (AvgIpc) is 3.14. The van der Waals surface area contributed by atoms with E-state index in [-0.39, 0.29) is 11.5 Å². The Labute approximate surface area is 153 Å². The largest absolute Gasteiger partial charge is 0.497 e. The van der Waals surface area contributed by atoms with E-state index in [1.807, 2.05) is 0 Å². The minimum atomic E-state index is -0.391. The minimum Gasteiger partial charge on any atom is -0.497 e. The first kappa shape index (κ1) is 17.9. The van der Waals surface area contributed by atoms with Crippen molar-refractivity contribution in [1.29, 1.82) is 0 Å². The van der Waals surface area contributed by atoms with Gasteiger partial charge in [0.1, 0.15) is 17.3 Å². The molecule has 0 fully saturated rings. The molecule has 3 aromatic rings. The van der Waals surface area contributed by atoms with Crippen LogP contribution in [0.3, 0.4) is 0 Å². The van der Waals surface area contributed by atoms with Crippen molar-refractivity contribution in [3.05, 3.63) is 53.8 Å². The zero-order valence-electron chi connectivity index (χ0n) is 14.2. The Hall–Kier alpha value is -2.87. The van der Waals surface area contributed by atoms with Crippen molar-refractivity contribution in [2.75, 3.05) is 20.0 Å². The van der Waals surface area contributed by atoms with Crippen molar-refractivity contribution < 1.29 is 18.7 Å². The Morgan fingerprint density at radius 1 is 1.19 bits per heavy atom. The van der Waals surface area contributed by atoms with Gasteiger partial charge in [-0.15, -0.1) is 5.10 Å². The lowest BCUT2D eigenvalue weighted by Gasteiger charge is -2.09. The first-order valence-electron chi connectivity index (χ1n) is 7.67. The van der Waals surface area contributed by atoms with Crippen LogP contribution in [0.1, 0.15) is 10.4 Å². The SMILES string of the molecule is COc1ccc(OC)c(C(=O)CSc2n[nH]c(-c3ccccc3F)n2)c1. The second-order valence-corrected chi connectivity index (χ2v) is 6.17. The molecule has 0 unspecified atom stereocenters. The molecule has 0 bridgehead atoms. The van der Waals surface area contributed by atoms with Crippen LogP contribution in [-0.2, 0) is 0 Å². The van der Waals surface area contributed by atoms with Gasteiger partial charge < -0.3 is 9.47 Å². The average molecular weight is 373 g/mol. The summed E-state index contributed by atoms with van der Waals surface area (Å²) in [6.45, 7) is 0. The van der Waals surface area contributed by atoms with Crippen LogP contribution in [0.5, 0.6) is 11.5 Å². The molecular formula is C18H16FN3O3S. The third kappa shape index (κ3) is 3.85. The smallest absolute Gasteiger partial charge is 0.209 e. The van der Waals surface area contributed by atoms with Gasteiger partial charge in [0.05, 0.1) is 31.1 Å². The molecule has 0 saturated carbocycles. The molecule has 0 saturated heterocycles. The second kappa shape index (κ2) is 8.01. The maximum absolute atomic E-state index is 13.8. The topological polar surface area (TPSA) is 77.1 Å². The quantitative estimate of drug-likeness (QED) is 0.504. The van der Waals surface area contributed by atoms with Gasteiger partial charge >= 0.3 is 0 Å². The number of ketones is 1. The van der Waals surface area contributed by atoms with Crippen molar-refractivity contribution in [3.63, 3.8) is 0 Å². The number of benzene rings is 2. The van der Waals surface area contributed by atoms with Crippen molar-refractivity contribution >= 4 is 17.5 Å². The number of ether oxygens (including phenoxy) is 2. The lowest BCUT2D eigenvalue weighted by molar-refractivity contribution is 0.101. The van der Waals surface area contributed by atoms with Gasteiger partial charge in [0.25, 0.3) is 0 Å². The van der Waals surface area contributed by atoms with Gasteiger partial charge in [-0.3, -0.25) is 9.89 Å². The summed E-state index contributed by atoms with van der Waals surface area (Å²) in [6, 6.07) is 11.3. The van der Waals surface area contributed by atoms with E-state index < -0.39 is 5.82 Å². The van der Waals surface area contributed by atoms with Crippen LogP contribution < -0.4 is 9.47 Å². The van der Waals surface area contributed by atoms with Gasteiger partial charge in [-0.2, -0.15) is 0 Å². The number of rotatable bonds is 7. The summed E-state index contributed by atoms with van der Waals surface area (Å²) in [7, 11) is 3.03. The number of hydrogen-bond acceptors (Lipinski definition) is 6. The lowest BCUT2D eigenvalue weighted by Crippen LogP contribution is -2.05. The number of nitrogens with one attached hydrogen (secondary N) is 1. The fraction of sp³-hybridized carbons (Fsp3) is 0.167. The van der Waals surface area contributed by atoms with Gasteiger partial charge in [-0.25, -0.2) is 9.37 Å². The molecule has 3 rings (SSSR count). The number of halogens is 1. The highest BCUT2D eigenvalue weighted by atomic mass is 32.2. The van der Waals surface area contributed by atoms with E-state index in [0.717, 1.165) is 11.8 Å². The zero-order valence-corrected chi connectivity index (χ0v) is 15.0. The number of Topliss-reactive ketones (excluding diaryl/α,β-unsaturated/α-hetero) is 1. The Bertz CT molecular complexity index is 930. The summed E-state index contributed by atoms with van der Waals surface area (Å²) < 4.78 is 24.2. The summed E-state index contributed by atoms with van der Waals surface area (Å²) >= 11 is 1.16. The standard InChI is InChI=1S/C18H16FN3O3S/c1-24-11-7-8-16(25-2)13(9-11)15(23)10-26-18-20-17(21-22-18)12-5-3-4-6-14(12)19/h3-9H,10H2,1-2H3,(H,20,21,22). The summed E-state index contributed by atoms with van der Waals surface area (Å²) in [6.07, 6.45) is 0. The highest BCUT2D eigenvalue weighted by Crippen LogP contribution is 2.27. The first-order valence-corrected chi connectivity index (χ1v) is 8.66. The number of nitrogens with zero attached hydrogens (tertiary/aromatic N) is 2. The Morgan fingerprint density at radius 3 is 2.73 bits per heavy atom. The number of hydrogen-bond donors (Lipinski definition) is 1. The van der Waals surface area contributed by atoms with E-state index in [4.69, 9.17) is 9.47 Å². The zero-order chi connectivity index (χ0) is 18.5. The van der Waals surface area contributed by atoms with Crippen LogP contribution in [0.25, 0.3) is 11.4 Å². The van der Waals surface area contributed by atoms with Crippen LogP contribution in [0, 0.1) is 5.82 Å². The molecule has 0 amide bonds. The van der Waals surface area contributed by atoms with Crippen molar-refractivity contribution in [2.45, 2.75) is 5.16 Å². The van der Waals surface area contributed by atoms with E-state index in [9.17, 15) is 9.18 Å². The number of H-pyrrole nitrogens is 1. The second-order valence-electron chi connectivity index (χ2n) is 5.22. The monoisotopic (exact) mass is 373 g/mol. The predicted octanol–water partition coefficient (Wildman–Crippen LogP) is 3.60. The summed E-state index contributed by atoms with van der Waals surface area (Å²) in [5.74, 6) is 0.924. The number of thioether (sulfide) groups is 1. The van der Waals surface area contributed by atoms with Crippen LogP contribution in [0.2, 0.25) is 0 Å². The number of methoxy groups -OCH3 is 2. The third-order valence-electron chi connectivity index (χ3n) is 3.63. The number of carbonyl (C=O) groups excluding carboxylic acids is 1. The van der Waals surface area contributed by atoms with Crippen LogP contribution in [-0.4, -0.2) is 40.9 Å². The molecule has 0 aliphatic rings. The molecule has 0 aliphatic heterocycles. The lowest BCUT2D eigenvalue weighted by atomic mass is 10.1. The van der Waals surface area contributed by atoms with Gasteiger partial charge in [0.15, 0.2) is 11.6 Å². The normalized spacial score (nSPS) is 10.6. The molecule has 0 atom stereocenters. The molecule has 2 aromatic carbocycles. The van der Waals surface area contributed by atoms with Gasteiger partial charge in [-0.05, 0) is 30.3 Å². The molecule has 26 heavy (non-hydrogen) atoms. The molecule has 0 radical (unpaired) electrons. The number of aromatic nitrogens is 3. The third-order valence-corrected chi connectivity index (χ3v) is 4.48. The first-order chi connectivity index (χ1) is 12.6. The van der Waals surface area contributed by atoms with Crippen LogP contribution >= 0.6 is 11.8 Å². The fourth-order valence-electron chi connectivity index (χ4n) is 2.32. The van der Waals surface area contributed by atoms with Crippen molar-refractivity contribution in [2.24, 2.45) is 0 Å². The molecule has 8 heteroatoms. The van der Waals surface area contributed by atoms with Crippen molar-refractivity contribution in [1.82, 2.24) is 15.2 Å². The molecule has 134 valence electrons. The number of carbonyl (C=O) groups is 1. The molecule has 1 N–H and O–H groups in total. The summed E-state index contributed by atoms with van der Waals surface area (Å²) in [4.78, 5) is 16.7. The number of aromatic amines is 1. The maximum atomic E-state index is 13.8.